The maximum absolute atomic E-state index is 13.1. The van der Waals surface area contributed by atoms with Crippen LogP contribution in [0.4, 0.5) is 10.5 Å². The summed E-state index contributed by atoms with van der Waals surface area (Å²) < 4.78 is 10.6. The Morgan fingerprint density at radius 1 is 1.03 bits per heavy atom. The third-order valence-corrected chi connectivity index (χ3v) is 6.23. The summed E-state index contributed by atoms with van der Waals surface area (Å²) in [6.07, 6.45) is 0.278. The summed E-state index contributed by atoms with van der Waals surface area (Å²) in [7, 11) is 3.17. The van der Waals surface area contributed by atoms with Gasteiger partial charge in [-0.15, -0.1) is 0 Å². The van der Waals surface area contributed by atoms with Gasteiger partial charge in [0, 0.05) is 25.3 Å². The average Bonchev–Trinajstić information content (AvgIpc) is 2.80. The van der Waals surface area contributed by atoms with Gasteiger partial charge in [-0.3, -0.25) is 4.79 Å². The molecule has 0 spiro atoms. The molecule has 3 amide bonds. The monoisotopic (exact) mass is 453 g/mol. The van der Waals surface area contributed by atoms with E-state index in [-0.39, 0.29) is 30.3 Å². The van der Waals surface area contributed by atoms with Crippen LogP contribution in [-0.2, 0) is 11.2 Å². The lowest BCUT2D eigenvalue weighted by atomic mass is 9.99. The molecule has 1 fully saturated rings. The fraction of sp³-hybridized carbons (Fsp3) is 0.462. The molecule has 7 nitrogen and oxygen atoms in total. The number of piperazine rings is 1. The smallest absolute Gasteiger partial charge is 0.322 e. The molecule has 2 aromatic carbocycles. The first kappa shape index (κ1) is 24.4. The molecule has 1 atom stereocenters. The molecule has 1 saturated heterocycles. The number of methoxy groups -OCH3 is 2. The van der Waals surface area contributed by atoms with E-state index in [1.54, 1.807) is 14.2 Å². The lowest BCUT2D eigenvalue weighted by molar-refractivity contribution is -0.133. The van der Waals surface area contributed by atoms with Gasteiger partial charge in [0.25, 0.3) is 0 Å². The van der Waals surface area contributed by atoms with Gasteiger partial charge in [0.2, 0.25) is 5.91 Å². The van der Waals surface area contributed by atoms with Crippen molar-refractivity contribution < 1.29 is 19.1 Å². The second-order valence-electron chi connectivity index (χ2n) is 8.96. The molecule has 0 bridgehead atoms. The number of nitrogens with zero attached hydrogens (tertiary/aromatic N) is 2. The molecule has 0 aliphatic carbocycles. The number of benzene rings is 2. The number of hydrogen-bond acceptors (Lipinski definition) is 4. The molecular weight excluding hydrogens is 418 g/mol. The summed E-state index contributed by atoms with van der Waals surface area (Å²) in [5.74, 6) is 1.50. The molecule has 7 heteroatoms. The van der Waals surface area contributed by atoms with E-state index in [0.29, 0.717) is 31.1 Å². The van der Waals surface area contributed by atoms with Gasteiger partial charge in [-0.05, 0) is 49.1 Å². The molecule has 1 heterocycles. The van der Waals surface area contributed by atoms with E-state index < -0.39 is 0 Å². The zero-order chi connectivity index (χ0) is 24.1. The quantitative estimate of drug-likeness (QED) is 0.709. The van der Waals surface area contributed by atoms with E-state index in [2.05, 4.69) is 25.2 Å². The first-order chi connectivity index (χ1) is 15.7. The van der Waals surface area contributed by atoms with E-state index >= 15 is 0 Å². The average molecular weight is 454 g/mol. The van der Waals surface area contributed by atoms with Crippen LogP contribution >= 0.6 is 0 Å². The maximum atomic E-state index is 13.1. The van der Waals surface area contributed by atoms with Crippen molar-refractivity contribution in [2.45, 2.75) is 40.2 Å². The van der Waals surface area contributed by atoms with Gasteiger partial charge in [-0.2, -0.15) is 0 Å². The fourth-order valence-electron chi connectivity index (χ4n) is 4.28. The Bertz CT molecular complexity index is 1010. The Hall–Kier alpha value is -3.22. The summed E-state index contributed by atoms with van der Waals surface area (Å²) in [6.45, 7) is 9.73. The van der Waals surface area contributed by atoms with Crippen molar-refractivity contribution in [3.05, 3.63) is 53.1 Å². The number of carbonyl (C=O) groups excluding carboxylic acids is 2. The molecule has 1 aliphatic rings. The second-order valence-corrected chi connectivity index (χ2v) is 8.96. The van der Waals surface area contributed by atoms with Gasteiger partial charge in [0.1, 0.15) is 0 Å². The van der Waals surface area contributed by atoms with Crippen LogP contribution in [0.1, 0.15) is 30.5 Å². The van der Waals surface area contributed by atoms with Crippen LogP contribution in [0.3, 0.4) is 0 Å². The third-order valence-electron chi connectivity index (χ3n) is 6.23. The predicted molar refractivity (Wildman–Crippen MR) is 130 cm³/mol. The van der Waals surface area contributed by atoms with Gasteiger partial charge in [0.15, 0.2) is 11.5 Å². The normalized spacial score (nSPS) is 16.0. The number of rotatable bonds is 6. The molecule has 178 valence electrons. The minimum absolute atomic E-state index is 0.0438. The zero-order valence-electron chi connectivity index (χ0n) is 20.5. The van der Waals surface area contributed by atoms with Gasteiger partial charge < -0.3 is 24.6 Å². The topological polar surface area (TPSA) is 71.1 Å². The fourth-order valence-corrected chi connectivity index (χ4v) is 4.28. The van der Waals surface area contributed by atoms with Gasteiger partial charge in [0.05, 0.1) is 26.7 Å². The van der Waals surface area contributed by atoms with Crippen LogP contribution in [0.15, 0.2) is 36.4 Å². The van der Waals surface area contributed by atoms with Crippen molar-refractivity contribution in [1.29, 1.82) is 0 Å². The molecular formula is C26H35N3O4. The lowest BCUT2D eigenvalue weighted by Gasteiger charge is -2.43. The van der Waals surface area contributed by atoms with Crippen molar-refractivity contribution >= 4 is 17.6 Å². The summed E-state index contributed by atoms with van der Waals surface area (Å²) in [5.41, 5.74) is 3.88. The highest BCUT2D eigenvalue weighted by Crippen LogP contribution is 2.28. The number of ether oxygens (including phenoxy) is 2. The van der Waals surface area contributed by atoms with Crippen LogP contribution in [0, 0.1) is 19.8 Å². The Morgan fingerprint density at radius 2 is 1.76 bits per heavy atom. The number of urea groups is 1. The van der Waals surface area contributed by atoms with Gasteiger partial charge in [-0.1, -0.05) is 37.6 Å². The summed E-state index contributed by atoms with van der Waals surface area (Å²) in [4.78, 5) is 29.9. The largest absolute Gasteiger partial charge is 0.493 e. The minimum atomic E-state index is -0.118. The molecule has 0 aromatic heterocycles. The summed E-state index contributed by atoms with van der Waals surface area (Å²) >= 11 is 0. The number of amides is 3. The van der Waals surface area contributed by atoms with Crippen LogP contribution < -0.4 is 14.8 Å². The number of nitrogens with one attached hydrogen (secondary N) is 1. The summed E-state index contributed by atoms with van der Waals surface area (Å²) in [6, 6.07) is 11.3. The van der Waals surface area contributed by atoms with E-state index in [1.165, 1.54) is 0 Å². The van der Waals surface area contributed by atoms with Gasteiger partial charge >= 0.3 is 6.03 Å². The third kappa shape index (κ3) is 5.78. The Kier molecular flexibility index (Phi) is 7.84. The Morgan fingerprint density at radius 3 is 2.39 bits per heavy atom. The zero-order valence-corrected chi connectivity index (χ0v) is 20.5. The molecule has 3 rings (SSSR count). The lowest BCUT2D eigenvalue weighted by Crippen LogP contribution is -2.59. The first-order valence-electron chi connectivity index (χ1n) is 11.4. The van der Waals surface area contributed by atoms with Crippen molar-refractivity contribution in [1.82, 2.24) is 9.80 Å². The van der Waals surface area contributed by atoms with Gasteiger partial charge in [-0.25, -0.2) is 4.79 Å². The predicted octanol–water partition coefficient (Wildman–Crippen LogP) is 4.26. The molecule has 33 heavy (non-hydrogen) atoms. The number of hydrogen-bond donors (Lipinski definition) is 1. The standard InChI is InChI=1S/C26H35N3O4/c1-17(2)22-16-28(25(30)15-20-8-10-23(32-5)24(14-20)33-6)11-12-29(22)26(31)27-21-9-7-18(3)13-19(21)4/h7-10,13-14,17,22H,11-12,15-16H2,1-6H3,(H,27,31). The van der Waals surface area contributed by atoms with Crippen molar-refractivity contribution in [2.24, 2.45) is 5.92 Å². The maximum Gasteiger partial charge on any atom is 0.322 e. The molecule has 0 saturated carbocycles. The number of aryl methyl sites for hydroxylation is 2. The Balaban J connectivity index is 1.67. The molecule has 0 radical (unpaired) electrons. The van der Waals surface area contributed by atoms with E-state index in [9.17, 15) is 9.59 Å². The van der Waals surface area contributed by atoms with Crippen molar-refractivity contribution in [3.8, 4) is 11.5 Å². The van der Waals surface area contributed by atoms with Crippen LogP contribution in [0.2, 0.25) is 0 Å². The highest BCUT2D eigenvalue weighted by atomic mass is 16.5. The van der Waals surface area contributed by atoms with E-state index in [0.717, 1.165) is 22.4 Å². The second kappa shape index (κ2) is 10.6. The summed E-state index contributed by atoms with van der Waals surface area (Å²) in [5, 5.41) is 3.06. The first-order valence-corrected chi connectivity index (χ1v) is 11.4. The molecule has 2 aromatic rings. The molecule has 1 unspecified atom stereocenters. The highest BCUT2D eigenvalue weighted by molar-refractivity contribution is 5.90. The SMILES string of the molecule is COc1ccc(CC(=O)N2CCN(C(=O)Nc3ccc(C)cc3C)C(C(C)C)C2)cc1OC. The van der Waals surface area contributed by atoms with Crippen LogP contribution in [0.5, 0.6) is 11.5 Å². The van der Waals surface area contributed by atoms with E-state index in [1.807, 2.05) is 54.0 Å². The molecule has 1 aliphatic heterocycles. The van der Waals surface area contributed by atoms with Crippen molar-refractivity contribution in [3.63, 3.8) is 0 Å². The van der Waals surface area contributed by atoms with Crippen LogP contribution in [0.25, 0.3) is 0 Å². The number of carbonyl (C=O) groups is 2. The Labute approximate surface area is 196 Å². The highest BCUT2D eigenvalue weighted by Gasteiger charge is 2.34. The van der Waals surface area contributed by atoms with Crippen LogP contribution in [-0.4, -0.2) is 61.6 Å². The van der Waals surface area contributed by atoms with E-state index in [4.69, 9.17) is 9.47 Å². The number of anilines is 1. The molecule has 1 N–H and O–H groups in total. The minimum Gasteiger partial charge on any atom is -0.493 e. The van der Waals surface area contributed by atoms with Crippen molar-refractivity contribution in [2.75, 3.05) is 39.2 Å².